The Morgan fingerprint density at radius 1 is 1.41 bits per heavy atom. The van der Waals surface area contributed by atoms with E-state index in [0.29, 0.717) is 12.5 Å². The van der Waals surface area contributed by atoms with Crippen molar-refractivity contribution in [2.45, 2.75) is 33.2 Å². The summed E-state index contributed by atoms with van der Waals surface area (Å²) in [4.78, 5) is 11.3. The molecule has 0 aliphatic carbocycles. The normalized spacial score (nSPS) is 11.4. The van der Waals surface area contributed by atoms with Crippen molar-refractivity contribution in [1.29, 1.82) is 0 Å². The largest absolute Gasteiger partial charge is 0.341 e. The number of ketones is 1. The van der Waals surface area contributed by atoms with Crippen molar-refractivity contribution in [1.82, 2.24) is 4.57 Å². The number of hydrogen-bond acceptors (Lipinski definition) is 1. The van der Waals surface area contributed by atoms with Crippen LogP contribution < -0.4 is 0 Å². The zero-order valence-corrected chi connectivity index (χ0v) is 11.9. The van der Waals surface area contributed by atoms with Gasteiger partial charge in [0.1, 0.15) is 5.78 Å². The van der Waals surface area contributed by atoms with E-state index in [9.17, 15) is 4.79 Å². The molecule has 2 nitrogen and oxygen atoms in total. The summed E-state index contributed by atoms with van der Waals surface area (Å²) >= 11 is 3.59. The molecule has 0 unspecified atom stereocenters. The molecule has 0 saturated carbocycles. The van der Waals surface area contributed by atoms with Crippen molar-refractivity contribution >= 4 is 32.6 Å². The number of aromatic nitrogens is 1. The van der Waals surface area contributed by atoms with E-state index < -0.39 is 0 Å². The molecule has 0 bridgehead atoms. The maximum atomic E-state index is 11.3. The molecule has 3 heteroatoms. The molecule has 0 aliphatic rings. The average molecular weight is 294 g/mol. The number of Topliss-reactive ketones (excluding diaryl/α,β-unsaturated/α-hetero) is 1. The van der Waals surface area contributed by atoms with Gasteiger partial charge in [0.15, 0.2) is 0 Å². The van der Waals surface area contributed by atoms with Gasteiger partial charge in [0, 0.05) is 28.0 Å². The molecule has 1 aromatic carbocycles. The van der Waals surface area contributed by atoms with Gasteiger partial charge in [0.25, 0.3) is 0 Å². The van der Waals surface area contributed by atoms with E-state index in [1.807, 2.05) is 12.1 Å². The summed E-state index contributed by atoms with van der Waals surface area (Å²) in [5.41, 5.74) is 2.27. The molecule has 1 aromatic heterocycles. The van der Waals surface area contributed by atoms with Crippen LogP contribution in [0.4, 0.5) is 0 Å². The number of hydrogen-bond donors (Lipinski definition) is 0. The first-order chi connectivity index (χ1) is 8.00. The van der Waals surface area contributed by atoms with Crippen LogP contribution in [0.2, 0.25) is 0 Å². The second-order valence-electron chi connectivity index (χ2n) is 4.66. The van der Waals surface area contributed by atoms with Crippen LogP contribution in [0.1, 0.15) is 32.5 Å². The predicted octanol–water partition coefficient (Wildman–Crippen LogP) is 4.12. The smallest absolute Gasteiger partial charge is 0.135 e. The number of para-hydroxylation sites is 1. The van der Waals surface area contributed by atoms with Crippen LogP contribution in [-0.2, 0) is 11.2 Å². The van der Waals surface area contributed by atoms with Crippen molar-refractivity contribution in [3.05, 3.63) is 34.4 Å². The summed E-state index contributed by atoms with van der Waals surface area (Å²) in [5.74, 6) is 0.200. The molecule has 90 valence electrons. The lowest BCUT2D eigenvalue weighted by Gasteiger charge is -2.14. The summed E-state index contributed by atoms with van der Waals surface area (Å²) in [6.45, 7) is 5.92. The molecule has 2 rings (SSSR count). The van der Waals surface area contributed by atoms with Crippen LogP contribution in [0.25, 0.3) is 10.9 Å². The summed E-state index contributed by atoms with van der Waals surface area (Å²) in [6.07, 6.45) is 0.499. The van der Waals surface area contributed by atoms with Crippen LogP contribution in [0.15, 0.2) is 28.7 Å². The maximum Gasteiger partial charge on any atom is 0.135 e. The van der Waals surface area contributed by atoms with Gasteiger partial charge < -0.3 is 4.57 Å². The molecular formula is C14H16BrNO. The van der Waals surface area contributed by atoms with Crippen molar-refractivity contribution in [3.63, 3.8) is 0 Å². The number of nitrogens with zero attached hydrogens (tertiary/aromatic N) is 1. The van der Waals surface area contributed by atoms with Gasteiger partial charge in [-0.1, -0.05) is 12.1 Å². The van der Waals surface area contributed by atoms with E-state index in [1.54, 1.807) is 6.92 Å². The van der Waals surface area contributed by atoms with Gasteiger partial charge in [0.2, 0.25) is 0 Å². The van der Waals surface area contributed by atoms with Gasteiger partial charge in [-0.25, -0.2) is 0 Å². The molecule has 0 aliphatic heterocycles. The third kappa shape index (κ3) is 2.29. The molecule has 17 heavy (non-hydrogen) atoms. The van der Waals surface area contributed by atoms with Crippen LogP contribution in [0.5, 0.6) is 0 Å². The molecule has 0 saturated heterocycles. The van der Waals surface area contributed by atoms with E-state index in [2.05, 4.69) is 46.5 Å². The Hall–Kier alpha value is -1.09. The minimum Gasteiger partial charge on any atom is -0.341 e. The summed E-state index contributed by atoms with van der Waals surface area (Å²) < 4.78 is 3.32. The molecule has 2 aromatic rings. The fourth-order valence-corrected chi connectivity index (χ4v) is 2.85. The maximum absolute atomic E-state index is 11.3. The van der Waals surface area contributed by atoms with E-state index >= 15 is 0 Å². The van der Waals surface area contributed by atoms with Gasteiger partial charge in [-0.2, -0.15) is 0 Å². The third-order valence-corrected chi connectivity index (χ3v) is 3.48. The van der Waals surface area contributed by atoms with E-state index in [1.165, 1.54) is 10.9 Å². The van der Waals surface area contributed by atoms with Crippen LogP contribution in [0, 0.1) is 0 Å². The molecule has 0 spiro atoms. The number of rotatable bonds is 3. The van der Waals surface area contributed by atoms with Gasteiger partial charge in [0.05, 0.1) is 5.52 Å². The highest BCUT2D eigenvalue weighted by Gasteiger charge is 2.14. The highest BCUT2D eigenvalue weighted by atomic mass is 79.9. The lowest BCUT2D eigenvalue weighted by molar-refractivity contribution is -0.116. The van der Waals surface area contributed by atoms with E-state index in [0.717, 1.165) is 10.2 Å². The highest BCUT2D eigenvalue weighted by molar-refractivity contribution is 9.10. The zero-order chi connectivity index (χ0) is 12.6. The quantitative estimate of drug-likeness (QED) is 0.834. The van der Waals surface area contributed by atoms with Crippen LogP contribution >= 0.6 is 15.9 Å². The second kappa shape index (κ2) is 4.65. The van der Waals surface area contributed by atoms with Crippen molar-refractivity contribution in [2.75, 3.05) is 0 Å². The van der Waals surface area contributed by atoms with Crippen LogP contribution in [0.3, 0.4) is 0 Å². The Morgan fingerprint density at radius 2 is 2.12 bits per heavy atom. The summed E-state index contributed by atoms with van der Waals surface area (Å²) in [5, 5.41) is 1.18. The van der Waals surface area contributed by atoms with Crippen molar-refractivity contribution < 1.29 is 4.79 Å². The number of halogens is 1. The SMILES string of the molecule is CC(=O)Cc1cc2cccc(Br)c2n1C(C)C. The summed E-state index contributed by atoms with van der Waals surface area (Å²) in [6, 6.07) is 8.61. The number of carbonyl (C=O) groups is 1. The lowest BCUT2D eigenvalue weighted by Crippen LogP contribution is -2.08. The molecule has 0 amide bonds. The van der Waals surface area contributed by atoms with Crippen molar-refractivity contribution in [3.8, 4) is 0 Å². The Balaban J connectivity index is 2.71. The second-order valence-corrected chi connectivity index (χ2v) is 5.51. The topological polar surface area (TPSA) is 22.0 Å². The Morgan fingerprint density at radius 3 is 2.71 bits per heavy atom. The van der Waals surface area contributed by atoms with E-state index in [-0.39, 0.29) is 5.78 Å². The number of carbonyl (C=O) groups excluding carboxylic acids is 1. The predicted molar refractivity (Wildman–Crippen MR) is 74.4 cm³/mol. The molecular weight excluding hydrogens is 278 g/mol. The average Bonchev–Trinajstić information content (AvgIpc) is 2.56. The van der Waals surface area contributed by atoms with Gasteiger partial charge in [-0.05, 0) is 48.8 Å². The first-order valence-corrected chi connectivity index (χ1v) is 6.57. The first kappa shape index (κ1) is 12.4. The van der Waals surface area contributed by atoms with Gasteiger partial charge in [-0.3, -0.25) is 4.79 Å². The van der Waals surface area contributed by atoms with Gasteiger partial charge >= 0.3 is 0 Å². The highest BCUT2D eigenvalue weighted by Crippen LogP contribution is 2.30. The van der Waals surface area contributed by atoms with Crippen LogP contribution in [-0.4, -0.2) is 10.4 Å². The number of fused-ring (bicyclic) bond motifs is 1. The standard InChI is InChI=1S/C14H16BrNO/c1-9(2)16-12(7-10(3)17)8-11-5-4-6-13(15)14(11)16/h4-6,8-9H,7H2,1-3H3. The molecule has 1 heterocycles. The number of benzene rings is 1. The molecule has 0 radical (unpaired) electrons. The lowest BCUT2D eigenvalue weighted by atomic mass is 10.2. The fourth-order valence-electron chi connectivity index (χ4n) is 2.28. The Bertz CT molecular complexity index is 569. The molecule has 0 N–H and O–H groups in total. The monoisotopic (exact) mass is 293 g/mol. The zero-order valence-electron chi connectivity index (χ0n) is 10.3. The summed E-state index contributed by atoms with van der Waals surface area (Å²) in [7, 11) is 0. The van der Waals surface area contributed by atoms with E-state index in [4.69, 9.17) is 0 Å². The van der Waals surface area contributed by atoms with Crippen molar-refractivity contribution in [2.24, 2.45) is 0 Å². The fraction of sp³-hybridized carbons (Fsp3) is 0.357. The molecule has 0 atom stereocenters. The third-order valence-electron chi connectivity index (χ3n) is 2.84. The minimum atomic E-state index is 0.200. The molecule has 0 fully saturated rings. The van der Waals surface area contributed by atoms with Gasteiger partial charge in [-0.15, -0.1) is 0 Å². The minimum absolute atomic E-state index is 0.200. The Kier molecular flexibility index (Phi) is 3.38. The first-order valence-electron chi connectivity index (χ1n) is 5.78. The Labute approximate surface area is 110 Å².